The summed E-state index contributed by atoms with van der Waals surface area (Å²) in [5, 5.41) is 43.6. The molecule has 0 saturated heterocycles. The van der Waals surface area contributed by atoms with E-state index in [0.717, 1.165) is 38.5 Å². The van der Waals surface area contributed by atoms with Crippen molar-refractivity contribution in [1.82, 2.24) is 5.32 Å². The smallest absolute Gasteiger partial charge is 0.249 e. The zero-order chi connectivity index (χ0) is 35.3. The van der Waals surface area contributed by atoms with Crippen LogP contribution in [0.25, 0.3) is 0 Å². The molecule has 6 nitrogen and oxygen atoms in total. The van der Waals surface area contributed by atoms with Crippen LogP contribution in [0.5, 0.6) is 0 Å². The SMILES string of the molecule is CCCCCCCCCCCCCCCCCCCCCC[C@@H](O)C(=O)N[C@@H](CO)[C@@H](O)[C@@H](O)CCCCCCCCCCCCCC. The summed E-state index contributed by atoms with van der Waals surface area (Å²) in [5.74, 6) is -0.580. The molecule has 48 heavy (non-hydrogen) atoms. The first-order chi connectivity index (χ1) is 23.5. The van der Waals surface area contributed by atoms with Crippen LogP contribution in [0.1, 0.15) is 232 Å². The van der Waals surface area contributed by atoms with E-state index < -0.39 is 36.9 Å². The van der Waals surface area contributed by atoms with E-state index in [1.165, 1.54) is 167 Å². The Morgan fingerprint density at radius 3 is 1.00 bits per heavy atom. The fourth-order valence-corrected chi connectivity index (χ4v) is 6.88. The van der Waals surface area contributed by atoms with Crippen molar-refractivity contribution in [3.05, 3.63) is 0 Å². The minimum Gasteiger partial charge on any atom is -0.394 e. The van der Waals surface area contributed by atoms with E-state index in [-0.39, 0.29) is 0 Å². The van der Waals surface area contributed by atoms with E-state index in [0.29, 0.717) is 12.8 Å². The van der Waals surface area contributed by atoms with Crippen LogP contribution >= 0.6 is 0 Å². The number of unbranched alkanes of at least 4 members (excludes halogenated alkanes) is 30. The number of carbonyl (C=O) groups excluding carboxylic acids is 1. The van der Waals surface area contributed by atoms with Crippen LogP contribution in [-0.2, 0) is 4.79 Å². The van der Waals surface area contributed by atoms with Gasteiger partial charge in [0.05, 0.1) is 18.8 Å². The largest absolute Gasteiger partial charge is 0.394 e. The van der Waals surface area contributed by atoms with Gasteiger partial charge in [-0.15, -0.1) is 0 Å². The van der Waals surface area contributed by atoms with E-state index in [9.17, 15) is 25.2 Å². The highest BCUT2D eigenvalue weighted by molar-refractivity contribution is 5.80. The van der Waals surface area contributed by atoms with Crippen LogP contribution in [0.4, 0.5) is 0 Å². The van der Waals surface area contributed by atoms with Crippen molar-refractivity contribution in [2.24, 2.45) is 0 Å². The second-order valence-corrected chi connectivity index (χ2v) is 15.1. The molecule has 0 spiro atoms. The summed E-state index contributed by atoms with van der Waals surface area (Å²) in [4.78, 5) is 12.5. The quantitative estimate of drug-likeness (QED) is 0.0414. The maximum Gasteiger partial charge on any atom is 0.249 e. The van der Waals surface area contributed by atoms with Crippen molar-refractivity contribution >= 4 is 5.91 Å². The van der Waals surface area contributed by atoms with E-state index >= 15 is 0 Å². The number of rotatable bonds is 39. The average Bonchev–Trinajstić information content (AvgIpc) is 3.09. The molecular formula is C42H85NO5. The van der Waals surface area contributed by atoms with Crippen molar-refractivity contribution in [3.8, 4) is 0 Å². The molecule has 4 atom stereocenters. The van der Waals surface area contributed by atoms with E-state index in [2.05, 4.69) is 19.2 Å². The number of hydrogen-bond donors (Lipinski definition) is 5. The van der Waals surface area contributed by atoms with Gasteiger partial charge in [0.25, 0.3) is 0 Å². The molecule has 0 bridgehead atoms. The molecular weight excluding hydrogens is 598 g/mol. The molecule has 0 aliphatic rings. The summed E-state index contributed by atoms with van der Waals surface area (Å²) < 4.78 is 0. The van der Waals surface area contributed by atoms with Gasteiger partial charge in [0, 0.05) is 0 Å². The lowest BCUT2D eigenvalue weighted by molar-refractivity contribution is -0.132. The van der Waals surface area contributed by atoms with Crippen LogP contribution in [-0.4, -0.2) is 57.3 Å². The van der Waals surface area contributed by atoms with Crippen LogP contribution in [0, 0.1) is 0 Å². The van der Waals surface area contributed by atoms with Crippen molar-refractivity contribution < 1.29 is 25.2 Å². The molecule has 0 rings (SSSR count). The predicted octanol–water partition coefficient (Wildman–Crippen LogP) is 10.8. The predicted molar refractivity (Wildman–Crippen MR) is 205 cm³/mol. The van der Waals surface area contributed by atoms with Gasteiger partial charge < -0.3 is 25.7 Å². The van der Waals surface area contributed by atoms with E-state index in [1.807, 2.05) is 0 Å². The summed E-state index contributed by atoms with van der Waals surface area (Å²) in [7, 11) is 0. The second-order valence-electron chi connectivity index (χ2n) is 15.1. The van der Waals surface area contributed by atoms with Gasteiger partial charge in [-0.25, -0.2) is 0 Å². The summed E-state index contributed by atoms with van der Waals surface area (Å²) in [6.45, 7) is 4.05. The second kappa shape index (κ2) is 37.6. The third-order valence-electron chi connectivity index (χ3n) is 10.3. The Hall–Kier alpha value is -0.690. The number of aliphatic hydroxyl groups is 4. The molecule has 288 valence electrons. The topological polar surface area (TPSA) is 110 Å². The maximum absolute atomic E-state index is 12.5. The Balaban J connectivity index is 3.68. The summed E-state index contributed by atoms with van der Waals surface area (Å²) in [6, 6.07) is -0.977. The Bertz CT molecular complexity index is 648. The molecule has 0 heterocycles. The molecule has 1 amide bonds. The van der Waals surface area contributed by atoms with Gasteiger partial charge in [-0.05, 0) is 12.8 Å². The zero-order valence-electron chi connectivity index (χ0n) is 32.3. The minimum absolute atomic E-state index is 0.375. The first kappa shape index (κ1) is 47.3. The molecule has 0 aliphatic carbocycles. The summed E-state index contributed by atoms with van der Waals surface area (Å²) in [5.41, 5.74) is 0. The van der Waals surface area contributed by atoms with Crippen molar-refractivity contribution in [2.45, 2.75) is 257 Å². The number of hydrogen-bond acceptors (Lipinski definition) is 5. The third-order valence-corrected chi connectivity index (χ3v) is 10.3. The molecule has 0 saturated carbocycles. The summed E-state index contributed by atoms with van der Waals surface area (Å²) in [6.07, 6.45) is 38.4. The average molecular weight is 684 g/mol. The van der Waals surface area contributed by atoms with Crippen molar-refractivity contribution in [3.63, 3.8) is 0 Å². The van der Waals surface area contributed by atoms with Gasteiger partial charge in [-0.2, -0.15) is 0 Å². The van der Waals surface area contributed by atoms with Gasteiger partial charge in [0.2, 0.25) is 5.91 Å². The number of aliphatic hydroxyl groups excluding tert-OH is 4. The monoisotopic (exact) mass is 684 g/mol. The molecule has 5 N–H and O–H groups in total. The lowest BCUT2D eigenvalue weighted by atomic mass is 9.99. The Morgan fingerprint density at radius 2 is 0.708 bits per heavy atom. The summed E-state index contributed by atoms with van der Waals surface area (Å²) >= 11 is 0. The first-order valence-electron chi connectivity index (χ1n) is 21.4. The van der Waals surface area contributed by atoms with Crippen LogP contribution in [0.2, 0.25) is 0 Å². The molecule has 0 aromatic rings. The van der Waals surface area contributed by atoms with Gasteiger partial charge >= 0.3 is 0 Å². The molecule has 0 unspecified atom stereocenters. The van der Waals surface area contributed by atoms with E-state index in [4.69, 9.17) is 0 Å². The van der Waals surface area contributed by atoms with Crippen molar-refractivity contribution in [2.75, 3.05) is 6.61 Å². The Labute approximate surface area is 299 Å². The lowest BCUT2D eigenvalue weighted by Crippen LogP contribution is -2.53. The zero-order valence-corrected chi connectivity index (χ0v) is 32.3. The fourth-order valence-electron chi connectivity index (χ4n) is 6.88. The number of carbonyl (C=O) groups is 1. The molecule has 0 aromatic heterocycles. The van der Waals surface area contributed by atoms with Gasteiger partial charge in [-0.1, -0.05) is 219 Å². The first-order valence-corrected chi connectivity index (χ1v) is 21.4. The third kappa shape index (κ3) is 31.3. The standard InChI is InChI=1S/C42H85NO5/c1-3-5-7-9-11-13-15-17-18-19-20-21-22-23-24-26-28-30-32-34-36-40(46)42(48)43-38(37-44)41(47)39(45)35-33-31-29-27-25-16-14-12-10-8-6-4-2/h38-41,44-47H,3-37H2,1-2H3,(H,43,48)/t38-,39-,40+,41+/m0/s1. The van der Waals surface area contributed by atoms with Gasteiger partial charge in [0.1, 0.15) is 12.2 Å². The van der Waals surface area contributed by atoms with Gasteiger partial charge in [0.15, 0.2) is 0 Å². The molecule has 6 heteroatoms. The highest BCUT2D eigenvalue weighted by Crippen LogP contribution is 2.17. The molecule has 0 aliphatic heterocycles. The Morgan fingerprint density at radius 1 is 0.438 bits per heavy atom. The highest BCUT2D eigenvalue weighted by atomic mass is 16.3. The Kier molecular flexibility index (Phi) is 37.0. The minimum atomic E-state index is -1.25. The molecule has 0 fully saturated rings. The lowest BCUT2D eigenvalue weighted by Gasteiger charge is -2.27. The molecule has 0 aromatic carbocycles. The van der Waals surface area contributed by atoms with Gasteiger partial charge in [-0.3, -0.25) is 4.79 Å². The maximum atomic E-state index is 12.5. The number of nitrogens with one attached hydrogen (secondary N) is 1. The van der Waals surface area contributed by atoms with Crippen LogP contribution in [0.3, 0.4) is 0 Å². The highest BCUT2D eigenvalue weighted by Gasteiger charge is 2.28. The van der Waals surface area contributed by atoms with Crippen molar-refractivity contribution in [1.29, 1.82) is 0 Å². The van der Waals surface area contributed by atoms with Crippen LogP contribution < -0.4 is 5.32 Å². The fraction of sp³-hybridized carbons (Fsp3) is 0.976. The number of amides is 1. The normalized spacial score (nSPS) is 14.2. The van der Waals surface area contributed by atoms with E-state index in [1.54, 1.807) is 0 Å². The van der Waals surface area contributed by atoms with Crippen LogP contribution in [0.15, 0.2) is 0 Å². The molecule has 0 radical (unpaired) electrons.